The molecule has 0 bridgehead atoms. The van der Waals surface area contributed by atoms with Crippen molar-refractivity contribution in [3.05, 3.63) is 191 Å². The second-order valence-electron chi connectivity index (χ2n) is 17.8. The van der Waals surface area contributed by atoms with Crippen molar-refractivity contribution in [2.75, 3.05) is 39.4 Å². The molecular formula is C56H56F6N4O9. The van der Waals surface area contributed by atoms with Gasteiger partial charge in [0.05, 0.1) is 12.1 Å². The Kier molecular flexibility index (Phi) is 19.2. The van der Waals surface area contributed by atoms with Crippen LogP contribution in [-0.2, 0) is 30.3 Å². The minimum Gasteiger partial charge on any atom is -0.480 e. The van der Waals surface area contributed by atoms with Crippen LogP contribution in [0.3, 0.4) is 0 Å². The highest BCUT2D eigenvalue weighted by Gasteiger charge is 2.44. The van der Waals surface area contributed by atoms with Crippen LogP contribution in [0.1, 0.15) is 73.9 Å². The van der Waals surface area contributed by atoms with E-state index in [1.807, 2.05) is 26.0 Å². The Morgan fingerprint density at radius 1 is 0.587 bits per heavy atom. The normalized spacial score (nSPS) is 18.0. The number of carbonyl (C=O) groups excluding carboxylic acids is 3. The van der Waals surface area contributed by atoms with E-state index in [9.17, 15) is 40.7 Å². The summed E-state index contributed by atoms with van der Waals surface area (Å²) in [5, 5.41) is 26.5. The van der Waals surface area contributed by atoms with E-state index in [0.29, 0.717) is 61.2 Å². The van der Waals surface area contributed by atoms with Crippen molar-refractivity contribution in [2.24, 2.45) is 5.73 Å². The van der Waals surface area contributed by atoms with Crippen LogP contribution in [0.5, 0.6) is 0 Å². The highest BCUT2D eigenvalue weighted by Crippen LogP contribution is 2.41. The van der Waals surface area contributed by atoms with Crippen LogP contribution >= 0.6 is 0 Å². The van der Waals surface area contributed by atoms with Crippen molar-refractivity contribution in [3.63, 3.8) is 0 Å². The standard InChI is InChI=1S/C28H27F3N2O4.C26H25F3N2O2.C2H4O3/c1-18(19-2-4-20(5-3-19)24-11-10-23(30)16-25(24)31)33-15-13-28(37-27(33)36,12-14-32-26(35)17-34)21-6-8-22(29)9-7-21;1-17(18-2-4-19(5-3-18)23-11-10-22(28)16-24(23)29)31-15-13-26(12-14-30,33-25(31)32)20-6-8-21(27)9-7-20;3-1-2(4)5/h2-11,16,18,34H,12-15,17H2,1H3,(H,32,35);2-11,16-17H,12-15,30H2,1H3;3H,1H2,(H,4,5)/t18-,28+;17-,26+;/m00./s1. The summed E-state index contributed by atoms with van der Waals surface area (Å²) < 4.78 is 93.5. The largest absolute Gasteiger partial charge is 0.480 e. The molecule has 2 saturated heterocycles. The van der Waals surface area contributed by atoms with Crippen molar-refractivity contribution < 1.29 is 70.3 Å². The second kappa shape index (κ2) is 25.5. The minimum atomic E-state index is -1.19. The van der Waals surface area contributed by atoms with Crippen molar-refractivity contribution in [2.45, 2.75) is 62.8 Å². The first-order chi connectivity index (χ1) is 35.8. The van der Waals surface area contributed by atoms with E-state index in [1.165, 1.54) is 48.5 Å². The first-order valence-electron chi connectivity index (χ1n) is 23.8. The average Bonchev–Trinajstić information content (AvgIpc) is 3.39. The number of rotatable bonds is 15. The maximum atomic E-state index is 14.2. The summed E-state index contributed by atoms with van der Waals surface area (Å²) in [4.78, 5) is 50.0. The molecule has 2 heterocycles. The summed E-state index contributed by atoms with van der Waals surface area (Å²) in [6, 6.07) is 32.0. The van der Waals surface area contributed by atoms with Gasteiger partial charge in [-0.05, 0) is 102 Å². The average molecular weight is 1040 g/mol. The van der Waals surface area contributed by atoms with Crippen LogP contribution in [0.25, 0.3) is 22.3 Å². The zero-order chi connectivity index (χ0) is 54.5. The second-order valence-corrected chi connectivity index (χ2v) is 17.8. The SMILES string of the molecule is C[C@@H](c1ccc(-c2ccc(F)cc2F)cc1)N1CC[C@](CCN)(c2ccc(F)cc2)OC1=O.C[C@@H](c1ccc(-c2ccc(F)cc2F)cc1)N1CC[C@](CCNC(=O)CO)(c2ccc(F)cc2)OC1=O.O=C(O)CO. The van der Waals surface area contributed by atoms with Gasteiger partial charge < -0.3 is 45.6 Å². The van der Waals surface area contributed by atoms with Crippen LogP contribution in [0.15, 0.2) is 133 Å². The predicted octanol–water partition coefficient (Wildman–Crippen LogP) is 10.1. The maximum Gasteiger partial charge on any atom is 0.411 e. The van der Waals surface area contributed by atoms with E-state index >= 15 is 0 Å². The summed E-state index contributed by atoms with van der Waals surface area (Å²) in [7, 11) is 0. The molecule has 6 N–H and O–H groups in total. The fourth-order valence-electron chi connectivity index (χ4n) is 8.98. The maximum absolute atomic E-state index is 14.2. The molecular weight excluding hydrogens is 987 g/mol. The van der Waals surface area contributed by atoms with Gasteiger partial charge in [-0.2, -0.15) is 0 Å². The number of carboxylic acid groups (broad SMARTS) is 1. The lowest BCUT2D eigenvalue weighted by Gasteiger charge is -2.43. The number of benzene rings is 6. The third-order valence-electron chi connectivity index (χ3n) is 13.2. The number of carboxylic acids is 1. The number of nitrogens with zero attached hydrogens (tertiary/aromatic N) is 2. The van der Waals surface area contributed by atoms with Gasteiger partial charge in [-0.3, -0.25) is 4.79 Å². The van der Waals surface area contributed by atoms with Gasteiger partial charge in [0.2, 0.25) is 5.91 Å². The zero-order valence-electron chi connectivity index (χ0n) is 41.0. The molecule has 0 unspecified atom stereocenters. The van der Waals surface area contributed by atoms with E-state index in [1.54, 1.807) is 70.5 Å². The minimum absolute atomic E-state index is 0.154. The van der Waals surface area contributed by atoms with Crippen LogP contribution < -0.4 is 11.1 Å². The number of carbonyl (C=O) groups is 4. The Morgan fingerprint density at radius 3 is 1.29 bits per heavy atom. The Balaban J connectivity index is 0.000000225. The van der Waals surface area contributed by atoms with Crippen LogP contribution in [0, 0.1) is 34.9 Å². The molecule has 2 fully saturated rings. The van der Waals surface area contributed by atoms with Crippen LogP contribution in [0.2, 0.25) is 0 Å². The highest BCUT2D eigenvalue weighted by atomic mass is 19.2. The number of nitrogens with two attached hydrogens (primary N) is 1. The molecule has 0 aliphatic carbocycles. The smallest absolute Gasteiger partial charge is 0.411 e. The van der Waals surface area contributed by atoms with E-state index in [2.05, 4.69) is 5.32 Å². The quantitative estimate of drug-likeness (QED) is 0.0619. The molecule has 13 nitrogen and oxygen atoms in total. The number of aliphatic hydroxyl groups is 2. The van der Waals surface area contributed by atoms with E-state index < -0.39 is 77.6 Å². The number of halogens is 6. The number of ether oxygens (including phenoxy) is 2. The molecule has 0 spiro atoms. The number of nitrogens with one attached hydrogen (secondary N) is 1. The molecule has 3 amide bonds. The number of amides is 3. The highest BCUT2D eigenvalue weighted by molar-refractivity contribution is 5.77. The first-order valence-corrected chi connectivity index (χ1v) is 23.8. The third kappa shape index (κ3) is 14.1. The molecule has 2 aliphatic rings. The molecule has 75 heavy (non-hydrogen) atoms. The number of hydrogen-bond donors (Lipinski definition) is 5. The topological polar surface area (TPSA) is 192 Å². The summed E-state index contributed by atoms with van der Waals surface area (Å²) in [5.74, 6) is -5.09. The van der Waals surface area contributed by atoms with Crippen LogP contribution in [-0.4, -0.2) is 88.6 Å². The molecule has 2 aliphatic heterocycles. The van der Waals surface area contributed by atoms with E-state index in [-0.39, 0.29) is 36.4 Å². The summed E-state index contributed by atoms with van der Waals surface area (Å²) in [6.45, 7) is 3.55. The molecule has 396 valence electrons. The molecule has 4 atom stereocenters. The summed E-state index contributed by atoms with van der Waals surface area (Å²) >= 11 is 0. The van der Waals surface area contributed by atoms with Crippen molar-refractivity contribution in [1.82, 2.24) is 15.1 Å². The number of hydrogen-bond acceptors (Lipinski definition) is 9. The van der Waals surface area contributed by atoms with Crippen molar-refractivity contribution in [1.29, 1.82) is 0 Å². The van der Waals surface area contributed by atoms with E-state index in [4.69, 9.17) is 35.3 Å². The lowest BCUT2D eigenvalue weighted by molar-refractivity contribution is -0.140. The molecule has 8 rings (SSSR count). The van der Waals surface area contributed by atoms with Gasteiger partial charge >= 0.3 is 18.2 Å². The Hall–Kier alpha value is -7.74. The Morgan fingerprint density at radius 2 is 0.960 bits per heavy atom. The fourth-order valence-corrected chi connectivity index (χ4v) is 8.98. The molecule has 0 radical (unpaired) electrons. The molecule has 6 aromatic rings. The molecule has 0 aromatic heterocycles. The van der Waals surface area contributed by atoms with Gasteiger partial charge in [0.1, 0.15) is 59.3 Å². The van der Waals surface area contributed by atoms with Gasteiger partial charge in [0.15, 0.2) is 0 Å². The Labute approximate surface area is 429 Å². The Bertz CT molecular complexity index is 2920. The molecule has 0 saturated carbocycles. The third-order valence-corrected chi connectivity index (χ3v) is 13.2. The number of cyclic esters (lactones) is 2. The number of aliphatic hydroxyl groups excluding tert-OH is 2. The van der Waals surface area contributed by atoms with Gasteiger partial charge in [0.25, 0.3) is 0 Å². The van der Waals surface area contributed by atoms with Gasteiger partial charge in [-0.15, -0.1) is 0 Å². The lowest BCUT2D eigenvalue weighted by atomic mass is 9.85. The summed E-state index contributed by atoms with van der Waals surface area (Å²) in [6.07, 6.45) is 0.555. The molecule has 19 heteroatoms. The first kappa shape index (κ1) is 56.6. The number of aliphatic carboxylic acids is 1. The predicted molar refractivity (Wildman–Crippen MR) is 265 cm³/mol. The van der Waals surface area contributed by atoms with Gasteiger partial charge in [-0.1, -0.05) is 72.8 Å². The lowest BCUT2D eigenvalue weighted by Crippen LogP contribution is -2.50. The van der Waals surface area contributed by atoms with Crippen molar-refractivity contribution in [3.8, 4) is 22.3 Å². The zero-order valence-corrected chi connectivity index (χ0v) is 41.0. The summed E-state index contributed by atoms with van der Waals surface area (Å²) in [5.41, 5.74) is 8.59. The van der Waals surface area contributed by atoms with Gasteiger partial charge in [0, 0.05) is 68.6 Å². The monoisotopic (exact) mass is 1040 g/mol. The molecule has 6 aromatic carbocycles. The van der Waals surface area contributed by atoms with Crippen molar-refractivity contribution >= 4 is 24.1 Å². The fraction of sp³-hybridized carbons (Fsp3) is 0.286. The van der Waals surface area contributed by atoms with Gasteiger partial charge in [-0.25, -0.2) is 40.7 Å². The van der Waals surface area contributed by atoms with E-state index in [0.717, 1.165) is 28.8 Å². The van der Waals surface area contributed by atoms with Crippen LogP contribution in [0.4, 0.5) is 35.9 Å².